The summed E-state index contributed by atoms with van der Waals surface area (Å²) in [7, 11) is -1.19. The van der Waals surface area contributed by atoms with Gasteiger partial charge in [-0.05, 0) is 89.6 Å². The fraction of sp³-hybridized carbons (Fsp3) is 0.289. The van der Waals surface area contributed by atoms with Crippen LogP contribution in [0.4, 0.5) is 34.5 Å². The normalized spacial score (nSPS) is 15.3. The van der Waals surface area contributed by atoms with E-state index in [1.54, 1.807) is 68.2 Å². The van der Waals surface area contributed by atoms with Gasteiger partial charge in [0.15, 0.2) is 0 Å². The number of aryl methyl sites for hydroxylation is 1. The number of aromatic nitrogens is 5. The van der Waals surface area contributed by atoms with Crippen LogP contribution in [0.3, 0.4) is 0 Å². The second-order valence-corrected chi connectivity index (χ2v) is 20.1. The van der Waals surface area contributed by atoms with Crippen molar-refractivity contribution in [3.63, 3.8) is 0 Å². The van der Waals surface area contributed by atoms with Crippen LogP contribution >= 0.6 is 23.1 Å². The molecule has 18 nitrogen and oxygen atoms in total. The molecule has 0 bridgehead atoms. The lowest BCUT2D eigenvalue weighted by atomic mass is 9.90. The number of hydrogen-bond acceptors (Lipinski definition) is 14. The van der Waals surface area contributed by atoms with Crippen LogP contribution in [0.5, 0.6) is 5.75 Å². The predicted octanol–water partition coefficient (Wildman–Crippen LogP) is 6.12. The lowest BCUT2D eigenvalue weighted by Gasteiger charge is -2.39. The van der Waals surface area contributed by atoms with E-state index in [1.165, 1.54) is 12.3 Å². The highest BCUT2D eigenvalue weighted by Gasteiger charge is 2.32. The van der Waals surface area contributed by atoms with Crippen molar-refractivity contribution in [3.8, 4) is 5.75 Å². The van der Waals surface area contributed by atoms with E-state index in [0.29, 0.717) is 99.2 Å². The number of fused-ring (bicyclic) bond motifs is 1. The number of halogens is 1. The Hall–Kier alpha value is -6.69. The molecule has 65 heavy (non-hydrogen) atoms. The number of likely N-dealkylation sites (tertiary alicyclic amines) is 1. The molecule has 0 spiro atoms. The van der Waals surface area contributed by atoms with E-state index in [1.807, 2.05) is 24.3 Å². The maximum absolute atomic E-state index is 13.5. The second-order valence-electron chi connectivity index (χ2n) is 16.1. The number of anilines is 6. The van der Waals surface area contributed by atoms with Gasteiger partial charge in [-0.25, -0.2) is 4.98 Å². The smallest absolute Gasteiger partial charge is 0.270 e. The summed E-state index contributed by atoms with van der Waals surface area (Å²) in [6.07, 6.45) is 7.81. The van der Waals surface area contributed by atoms with Gasteiger partial charge in [-0.2, -0.15) is 4.98 Å². The van der Waals surface area contributed by atoms with Crippen molar-refractivity contribution < 1.29 is 28.5 Å². The number of hydrogen-bond donors (Lipinski definition) is 7. The average molecular weight is 964 g/mol. The number of aromatic amines is 1. The van der Waals surface area contributed by atoms with E-state index in [0.717, 1.165) is 23.2 Å². The first-order valence-corrected chi connectivity index (χ1v) is 24.4. The molecule has 2 aliphatic heterocycles. The molecule has 3 aromatic carbocycles. The van der Waals surface area contributed by atoms with E-state index < -0.39 is 13.1 Å². The van der Waals surface area contributed by atoms with Crippen LogP contribution in [0.25, 0.3) is 11.0 Å². The summed E-state index contributed by atoms with van der Waals surface area (Å²) in [5.74, 6) is -0.192. The fourth-order valence-electron chi connectivity index (χ4n) is 7.86. The molecular weight excluding hydrogens is 915 g/mol. The molecule has 20 heteroatoms. The van der Waals surface area contributed by atoms with Gasteiger partial charge in [-0.3, -0.25) is 34.5 Å². The van der Waals surface area contributed by atoms with Crippen LogP contribution in [0.15, 0.2) is 83.9 Å². The summed E-state index contributed by atoms with van der Waals surface area (Å²) in [6.45, 7) is 7.81. The number of methoxy groups -OCH3 is 1. The molecule has 0 radical (unpaired) electrons. The van der Waals surface area contributed by atoms with Crippen LogP contribution < -0.4 is 41.9 Å². The number of piperidine rings is 1. The molecule has 2 fully saturated rings. The van der Waals surface area contributed by atoms with Gasteiger partial charge in [0.25, 0.3) is 11.8 Å². The molecule has 1 unspecified atom stereocenters. The quantitative estimate of drug-likeness (QED) is 0.0329. The van der Waals surface area contributed by atoms with Gasteiger partial charge in [-0.1, -0.05) is 19.1 Å². The molecule has 336 valence electrons. The Morgan fingerprint density at radius 3 is 2.48 bits per heavy atom. The first kappa shape index (κ1) is 44.9. The second kappa shape index (κ2) is 19.2. The van der Waals surface area contributed by atoms with Gasteiger partial charge in [0.05, 0.1) is 45.3 Å². The highest BCUT2D eigenvalue weighted by Crippen LogP contribution is 2.41. The van der Waals surface area contributed by atoms with Crippen molar-refractivity contribution in [2.75, 3.05) is 67.9 Å². The maximum Gasteiger partial charge on any atom is 0.270 e. The molecule has 8 rings (SSSR count). The number of ether oxygens (including phenoxy) is 1. The number of carbonyl (C=O) groups is 4. The van der Waals surface area contributed by atoms with Crippen LogP contribution in [0.2, 0.25) is 0 Å². The van der Waals surface area contributed by atoms with E-state index >= 15 is 0 Å². The van der Waals surface area contributed by atoms with Crippen molar-refractivity contribution >= 4 is 97.6 Å². The van der Waals surface area contributed by atoms with Crippen molar-refractivity contribution in [1.29, 1.82) is 0 Å². The lowest BCUT2D eigenvalue weighted by molar-refractivity contribution is -0.134. The Morgan fingerprint density at radius 2 is 1.74 bits per heavy atom. The van der Waals surface area contributed by atoms with E-state index in [4.69, 9.17) is 9.72 Å². The fourth-order valence-corrected chi connectivity index (χ4v) is 9.54. The largest absolute Gasteiger partial charge is 0.494 e. The van der Waals surface area contributed by atoms with E-state index in [9.17, 15) is 23.7 Å². The van der Waals surface area contributed by atoms with Crippen LogP contribution in [-0.4, -0.2) is 106 Å². The minimum Gasteiger partial charge on any atom is -0.494 e. The topological polar surface area (TPSA) is 237 Å². The maximum atomic E-state index is 13.5. The number of amides is 4. The average Bonchev–Trinajstić information content (AvgIpc) is 3.78. The number of imide groups is 1. The molecule has 5 heterocycles. The standard InChI is InChI=1S/C45H48BrN12O6P/c1-5-25-18-35(55-45-52-22-31(46)41(57-45)54-33-12-11-32-39(50-17-16-48-32)40(33)65(3,4)63)37(64-2)20-34(25)49-15-14-47-29-23-58(24-29)44(62)36-19-27(21-51-36)42(60)53-28-8-6-26(7-9-28)30-10-13-38(59)56-43(30)61/h6-9,11-12,16-22,29-30,47,49,51H,5,10,13-15,23-24H2,1-4H3,(H,53,60)(H,56,59,61)(H2,52,54,55,57). The first-order chi connectivity index (χ1) is 31.3. The molecule has 7 N–H and O–H groups in total. The van der Waals surface area contributed by atoms with E-state index in [-0.39, 0.29) is 36.1 Å². The number of benzene rings is 3. The minimum absolute atomic E-state index is 0.119. The number of H-pyrrole nitrogens is 1. The highest BCUT2D eigenvalue weighted by atomic mass is 79.9. The molecule has 6 aromatic rings. The van der Waals surface area contributed by atoms with Gasteiger partial charge in [-0.15, -0.1) is 0 Å². The van der Waals surface area contributed by atoms with Crippen molar-refractivity contribution in [3.05, 3.63) is 106 Å². The van der Waals surface area contributed by atoms with Gasteiger partial charge >= 0.3 is 0 Å². The monoisotopic (exact) mass is 962 g/mol. The summed E-state index contributed by atoms with van der Waals surface area (Å²) in [4.78, 5) is 72.6. The van der Waals surface area contributed by atoms with Crippen molar-refractivity contribution in [1.82, 2.24) is 40.5 Å². The summed E-state index contributed by atoms with van der Waals surface area (Å²) in [5.41, 5.74) is 6.44. The van der Waals surface area contributed by atoms with Crippen LogP contribution in [0.1, 0.15) is 57.7 Å². The molecule has 0 saturated carbocycles. The number of nitrogens with zero attached hydrogens (tertiary/aromatic N) is 5. The number of carbonyl (C=O) groups excluding carboxylic acids is 4. The Kier molecular flexibility index (Phi) is 13.3. The molecule has 4 amide bonds. The third kappa shape index (κ3) is 10.2. The van der Waals surface area contributed by atoms with Crippen molar-refractivity contribution in [2.24, 2.45) is 0 Å². The molecule has 2 saturated heterocycles. The molecule has 0 aliphatic carbocycles. The summed E-state index contributed by atoms with van der Waals surface area (Å²) < 4.78 is 19.9. The highest BCUT2D eigenvalue weighted by molar-refractivity contribution is 9.10. The number of rotatable bonds is 16. The predicted molar refractivity (Wildman–Crippen MR) is 254 cm³/mol. The SMILES string of the molecule is CCc1cc(Nc2ncc(Br)c(Nc3ccc4nccnc4c3P(C)(C)=O)n2)c(OC)cc1NCCNC1CN(C(=O)c2cc(C(=O)Nc3ccc(C4CCC(=O)NC4=O)cc3)c[nH]2)C1. The van der Waals surface area contributed by atoms with Gasteiger partial charge in [0.2, 0.25) is 17.8 Å². The Bertz CT molecular complexity index is 2840. The van der Waals surface area contributed by atoms with Gasteiger partial charge in [0.1, 0.15) is 29.9 Å². The lowest BCUT2D eigenvalue weighted by Crippen LogP contribution is -2.60. The third-order valence-corrected chi connectivity index (χ3v) is 13.3. The summed E-state index contributed by atoms with van der Waals surface area (Å²) in [5, 5.41) is 19.4. The summed E-state index contributed by atoms with van der Waals surface area (Å²) in [6, 6.07) is 16.2. The Balaban J connectivity index is 0.816. The molecule has 3 aromatic heterocycles. The van der Waals surface area contributed by atoms with E-state index in [2.05, 4.69) is 74.7 Å². The van der Waals surface area contributed by atoms with Crippen molar-refractivity contribution in [2.45, 2.75) is 38.1 Å². The zero-order chi connectivity index (χ0) is 45.8. The molecule has 1 atom stereocenters. The zero-order valence-corrected chi connectivity index (χ0v) is 38.6. The number of nitrogens with one attached hydrogen (secondary N) is 7. The minimum atomic E-state index is -2.79. The Labute approximate surface area is 383 Å². The molecular formula is C45H48BrN12O6P. The molecule has 2 aliphatic rings. The third-order valence-electron chi connectivity index (χ3n) is 11.2. The summed E-state index contributed by atoms with van der Waals surface area (Å²) >= 11 is 3.56. The van der Waals surface area contributed by atoms with Crippen LogP contribution in [-0.2, 0) is 20.6 Å². The Morgan fingerprint density at radius 1 is 0.954 bits per heavy atom. The van der Waals surface area contributed by atoms with Gasteiger partial charge < -0.3 is 45.8 Å². The van der Waals surface area contributed by atoms with Gasteiger partial charge in [0, 0.05) is 80.9 Å². The zero-order valence-electron chi connectivity index (χ0n) is 36.1. The first-order valence-electron chi connectivity index (χ1n) is 21.0. The van der Waals surface area contributed by atoms with Crippen LogP contribution in [0, 0.1) is 0 Å².